The lowest BCUT2D eigenvalue weighted by atomic mass is 10.1. The zero-order valence-corrected chi connectivity index (χ0v) is 8.06. The Morgan fingerprint density at radius 2 is 2.20 bits per heavy atom. The molecule has 0 unspecified atom stereocenters. The molecule has 76 valence electrons. The summed E-state index contributed by atoms with van der Waals surface area (Å²) in [6, 6.07) is 3.01. The van der Waals surface area contributed by atoms with Gasteiger partial charge in [0.1, 0.15) is 11.3 Å². The van der Waals surface area contributed by atoms with Crippen LogP contribution in [-0.4, -0.2) is 20.9 Å². The average molecular weight is 203 g/mol. The molecule has 5 heteroatoms. The van der Waals surface area contributed by atoms with Crippen molar-refractivity contribution in [3.63, 3.8) is 0 Å². The molecule has 5 nitrogen and oxygen atoms in total. The predicted molar refractivity (Wildman–Crippen MR) is 55.6 cm³/mol. The van der Waals surface area contributed by atoms with E-state index in [1.54, 1.807) is 6.07 Å². The highest BCUT2D eigenvalue weighted by atomic mass is 16.3. The number of nitrogens with zero attached hydrogens (tertiary/aromatic N) is 2. The van der Waals surface area contributed by atoms with Crippen LogP contribution in [0.2, 0.25) is 0 Å². The monoisotopic (exact) mass is 203 g/mol. The average Bonchev–Trinajstić information content (AvgIpc) is 2.19. The standard InChI is InChI=1S/C10H9N3O2/c1-5(14)7-4-12-10(11)9-6(7)2-3-8(15)13-9/h2-4H,1H3,(H2,11,12)(H,13,15). The molecule has 0 atom stereocenters. The zero-order chi connectivity index (χ0) is 11.0. The van der Waals surface area contributed by atoms with Crippen LogP contribution >= 0.6 is 0 Å². The van der Waals surface area contributed by atoms with E-state index in [2.05, 4.69) is 9.97 Å². The molecule has 15 heavy (non-hydrogen) atoms. The van der Waals surface area contributed by atoms with Crippen molar-refractivity contribution in [2.75, 3.05) is 5.73 Å². The highest BCUT2D eigenvalue weighted by Gasteiger charge is 2.10. The van der Waals surface area contributed by atoms with Gasteiger partial charge in [-0.2, -0.15) is 0 Å². The Bertz CT molecular complexity index is 552. The van der Waals surface area contributed by atoms with E-state index in [1.807, 2.05) is 0 Å². The quantitative estimate of drug-likeness (QED) is 0.678. The number of nitrogen functional groups attached to an aromatic ring is 1. The van der Waals surface area contributed by atoms with E-state index in [0.29, 0.717) is 16.5 Å². The van der Waals surface area contributed by atoms with Gasteiger partial charge < -0.3 is 10.8 Å². The molecule has 0 aromatic carbocycles. The van der Waals surface area contributed by atoms with Gasteiger partial charge in [-0.05, 0) is 13.0 Å². The third kappa shape index (κ3) is 1.48. The number of ketones is 1. The lowest BCUT2D eigenvalue weighted by Gasteiger charge is -2.04. The van der Waals surface area contributed by atoms with Crippen molar-refractivity contribution >= 4 is 22.5 Å². The van der Waals surface area contributed by atoms with Gasteiger partial charge in [0.25, 0.3) is 0 Å². The largest absolute Gasteiger partial charge is 0.493 e. The summed E-state index contributed by atoms with van der Waals surface area (Å²) < 4.78 is 0. The minimum Gasteiger partial charge on any atom is -0.493 e. The highest BCUT2D eigenvalue weighted by molar-refractivity contribution is 6.07. The van der Waals surface area contributed by atoms with Gasteiger partial charge in [-0.1, -0.05) is 0 Å². The number of nitrogens with two attached hydrogens (primary N) is 1. The summed E-state index contributed by atoms with van der Waals surface area (Å²) >= 11 is 0. The van der Waals surface area contributed by atoms with E-state index in [9.17, 15) is 9.90 Å². The van der Waals surface area contributed by atoms with Crippen molar-refractivity contribution in [1.29, 1.82) is 0 Å². The summed E-state index contributed by atoms with van der Waals surface area (Å²) in [7, 11) is 0. The Balaban J connectivity index is 2.88. The number of Topliss-reactive ketones (excluding diaryl/α,β-unsaturated/α-hetero) is 1. The van der Waals surface area contributed by atoms with Crippen molar-refractivity contribution in [3.05, 3.63) is 23.9 Å². The number of fused-ring (bicyclic) bond motifs is 1. The number of carbonyl (C=O) groups excluding carboxylic acids is 1. The number of anilines is 1. The van der Waals surface area contributed by atoms with E-state index in [0.717, 1.165) is 0 Å². The first-order valence-electron chi connectivity index (χ1n) is 4.34. The third-order valence-corrected chi connectivity index (χ3v) is 2.13. The smallest absolute Gasteiger partial charge is 0.211 e. The predicted octanol–water partition coefficient (Wildman–Crippen LogP) is 1.12. The molecule has 2 heterocycles. The second kappa shape index (κ2) is 3.20. The first-order chi connectivity index (χ1) is 7.09. The minimum absolute atomic E-state index is 0.111. The first kappa shape index (κ1) is 9.39. The molecule has 0 spiro atoms. The molecule has 0 radical (unpaired) electrons. The van der Waals surface area contributed by atoms with Crippen LogP contribution in [0, 0.1) is 0 Å². The molecule has 0 aliphatic heterocycles. The second-order valence-electron chi connectivity index (χ2n) is 3.18. The molecular weight excluding hydrogens is 194 g/mol. The number of carbonyl (C=O) groups is 1. The van der Waals surface area contributed by atoms with E-state index in [4.69, 9.17) is 5.73 Å². The SMILES string of the molecule is CC(=O)c1cnc(N)c2nc(O)ccc12. The van der Waals surface area contributed by atoms with Crippen LogP contribution in [0.25, 0.3) is 10.9 Å². The fourth-order valence-corrected chi connectivity index (χ4v) is 1.41. The number of aromatic hydroxyl groups is 1. The summed E-state index contributed by atoms with van der Waals surface area (Å²) in [5.74, 6) is -0.0532. The number of rotatable bonds is 1. The molecule has 0 saturated heterocycles. The van der Waals surface area contributed by atoms with Crippen molar-refractivity contribution in [1.82, 2.24) is 9.97 Å². The summed E-state index contributed by atoms with van der Waals surface area (Å²) in [4.78, 5) is 19.0. The zero-order valence-electron chi connectivity index (χ0n) is 8.06. The number of pyridine rings is 2. The lowest BCUT2D eigenvalue weighted by molar-refractivity contribution is 0.101. The van der Waals surface area contributed by atoms with Crippen molar-refractivity contribution in [3.8, 4) is 5.88 Å². The maximum atomic E-state index is 11.3. The van der Waals surface area contributed by atoms with Gasteiger partial charge in [-0.15, -0.1) is 0 Å². The van der Waals surface area contributed by atoms with Gasteiger partial charge in [-0.3, -0.25) is 4.79 Å². The van der Waals surface area contributed by atoms with E-state index in [1.165, 1.54) is 19.2 Å². The maximum Gasteiger partial charge on any atom is 0.211 e. The van der Waals surface area contributed by atoms with E-state index in [-0.39, 0.29) is 17.5 Å². The first-order valence-corrected chi connectivity index (χ1v) is 4.34. The van der Waals surface area contributed by atoms with Crippen LogP contribution in [0.5, 0.6) is 5.88 Å². The van der Waals surface area contributed by atoms with Crippen molar-refractivity contribution in [2.24, 2.45) is 0 Å². The molecular formula is C10H9N3O2. The van der Waals surface area contributed by atoms with E-state index < -0.39 is 0 Å². The van der Waals surface area contributed by atoms with Gasteiger partial charge in [0.15, 0.2) is 5.78 Å². The Morgan fingerprint density at radius 1 is 1.47 bits per heavy atom. The maximum absolute atomic E-state index is 11.3. The molecule has 0 aliphatic carbocycles. The number of hydrogen-bond acceptors (Lipinski definition) is 5. The normalized spacial score (nSPS) is 10.5. The van der Waals surface area contributed by atoms with Crippen molar-refractivity contribution in [2.45, 2.75) is 6.92 Å². The number of aromatic nitrogens is 2. The molecule has 0 bridgehead atoms. The molecule has 2 rings (SSSR count). The molecule has 0 fully saturated rings. The summed E-state index contributed by atoms with van der Waals surface area (Å²) in [6.07, 6.45) is 1.42. The summed E-state index contributed by atoms with van der Waals surface area (Å²) in [5, 5.41) is 9.81. The topological polar surface area (TPSA) is 89.1 Å². The van der Waals surface area contributed by atoms with Gasteiger partial charge in [-0.25, -0.2) is 9.97 Å². The molecule has 0 aliphatic rings. The number of hydrogen-bond donors (Lipinski definition) is 2. The van der Waals surface area contributed by atoms with Crippen LogP contribution in [0.4, 0.5) is 5.82 Å². The van der Waals surface area contributed by atoms with Crippen LogP contribution in [0.1, 0.15) is 17.3 Å². The molecule has 3 N–H and O–H groups in total. The Kier molecular flexibility index (Phi) is 2.00. The summed E-state index contributed by atoms with van der Waals surface area (Å²) in [6.45, 7) is 1.44. The van der Waals surface area contributed by atoms with E-state index >= 15 is 0 Å². The molecule has 2 aromatic rings. The van der Waals surface area contributed by atoms with Crippen LogP contribution < -0.4 is 5.73 Å². The molecule has 0 saturated carbocycles. The van der Waals surface area contributed by atoms with Gasteiger partial charge in [0, 0.05) is 23.2 Å². The lowest BCUT2D eigenvalue weighted by Crippen LogP contribution is -2.00. The summed E-state index contributed by atoms with van der Waals surface area (Å²) in [5.41, 5.74) is 6.40. The molecule has 0 amide bonds. The van der Waals surface area contributed by atoms with Crippen LogP contribution in [-0.2, 0) is 0 Å². The molecule has 2 aromatic heterocycles. The van der Waals surface area contributed by atoms with Gasteiger partial charge in [0.2, 0.25) is 5.88 Å². The van der Waals surface area contributed by atoms with Crippen molar-refractivity contribution < 1.29 is 9.90 Å². The van der Waals surface area contributed by atoms with Crippen LogP contribution in [0.3, 0.4) is 0 Å². The van der Waals surface area contributed by atoms with Crippen LogP contribution in [0.15, 0.2) is 18.3 Å². The second-order valence-corrected chi connectivity index (χ2v) is 3.18. The fourth-order valence-electron chi connectivity index (χ4n) is 1.41. The van der Waals surface area contributed by atoms with Gasteiger partial charge in [0.05, 0.1) is 0 Å². The third-order valence-electron chi connectivity index (χ3n) is 2.13. The Labute approximate surface area is 85.6 Å². The highest BCUT2D eigenvalue weighted by Crippen LogP contribution is 2.23. The minimum atomic E-state index is -0.142. The Hall–Kier alpha value is -2.17. The Morgan fingerprint density at radius 3 is 2.87 bits per heavy atom. The van der Waals surface area contributed by atoms with Gasteiger partial charge >= 0.3 is 0 Å². The fraction of sp³-hybridized carbons (Fsp3) is 0.100.